The Morgan fingerprint density at radius 3 is 2.68 bits per heavy atom. The fourth-order valence-electron chi connectivity index (χ4n) is 1.93. The number of carbonyl (C=O) groups excluding carboxylic acids is 1. The van der Waals surface area contributed by atoms with Crippen LogP contribution >= 0.6 is 11.3 Å². The Labute approximate surface area is 134 Å². The van der Waals surface area contributed by atoms with Crippen molar-refractivity contribution in [3.05, 3.63) is 52.9 Å². The number of carbonyl (C=O) groups is 1. The van der Waals surface area contributed by atoms with E-state index in [0.717, 1.165) is 26.8 Å². The predicted octanol–water partition coefficient (Wildman–Crippen LogP) is 1.99. The molecule has 22 heavy (non-hydrogen) atoms. The molecule has 0 spiro atoms. The zero-order valence-corrected chi connectivity index (χ0v) is 14.1. The van der Waals surface area contributed by atoms with E-state index in [2.05, 4.69) is 5.32 Å². The zero-order chi connectivity index (χ0) is 16.2. The number of sulfonamides is 1. The molecule has 0 aliphatic rings. The summed E-state index contributed by atoms with van der Waals surface area (Å²) in [7, 11) is -2.19. The maximum atomic E-state index is 12.2. The molecule has 0 bridgehead atoms. The first-order valence-electron chi connectivity index (χ1n) is 6.71. The van der Waals surface area contributed by atoms with Crippen molar-refractivity contribution in [3.63, 3.8) is 0 Å². The van der Waals surface area contributed by atoms with Crippen LogP contribution in [0.3, 0.4) is 0 Å². The first-order valence-corrected chi connectivity index (χ1v) is 9.03. The number of amides is 1. The molecule has 0 saturated carbocycles. The van der Waals surface area contributed by atoms with Gasteiger partial charge in [0.2, 0.25) is 5.91 Å². The molecule has 2 aromatic rings. The summed E-state index contributed by atoms with van der Waals surface area (Å²) in [5.74, 6) is -0.330. The van der Waals surface area contributed by atoms with E-state index < -0.39 is 10.0 Å². The Morgan fingerprint density at radius 2 is 2.05 bits per heavy atom. The molecule has 1 aromatic heterocycles. The topological polar surface area (TPSA) is 66.5 Å². The minimum absolute atomic E-state index is 0.202. The van der Waals surface area contributed by atoms with Gasteiger partial charge in [-0.2, -0.15) is 4.31 Å². The second-order valence-electron chi connectivity index (χ2n) is 4.96. The maximum Gasteiger partial charge on any atom is 0.252 e. The summed E-state index contributed by atoms with van der Waals surface area (Å²) in [6, 6.07) is 11.0. The van der Waals surface area contributed by atoms with Crippen LogP contribution in [0.4, 0.5) is 0 Å². The molecule has 0 aliphatic heterocycles. The summed E-state index contributed by atoms with van der Waals surface area (Å²) in [5.41, 5.74) is 2.10. The SMILES string of the molecule is Cc1cccc(CNC(=O)CN(C)S(=O)(=O)c2cccs2)c1. The van der Waals surface area contributed by atoms with Gasteiger partial charge in [-0.15, -0.1) is 11.3 Å². The lowest BCUT2D eigenvalue weighted by atomic mass is 10.1. The van der Waals surface area contributed by atoms with Gasteiger partial charge in [-0.3, -0.25) is 4.79 Å². The average molecular weight is 338 g/mol. The van der Waals surface area contributed by atoms with Gasteiger partial charge in [0.1, 0.15) is 4.21 Å². The Balaban J connectivity index is 1.92. The van der Waals surface area contributed by atoms with Gasteiger partial charge in [-0.25, -0.2) is 8.42 Å². The molecule has 0 saturated heterocycles. The number of thiophene rings is 1. The standard InChI is InChI=1S/C15H18N2O3S2/c1-12-5-3-6-13(9-12)10-16-14(18)11-17(2)22(19,20)15-7-4-8-21-15/h3-9H,10-11H2,1-2H3,(H,16,18). The molecular weight excluding hydrogens is 320 g/mol. The van der Waals surface area contributed by atoms with Crippen LogP contribution < -0.4 is 5.32 Å². The monoisotopic (exact) mass is 338 g/mol. The minimum atomic E-state index is -3.59. The molecule has 0 atom stereocenters. The van der Waals surface area contributed by atoms with Crippen LogP contribution in [-0.4, -0.2) is 32.2 Å². The third-order valence-corrected chi connectivity index (χ3v) is 6.27. The molecule has 0 radical (unpaired) electrons. The summed E-state index contributed by atoms with van der Waals surface area (Å²) in [4.78, 5) is 11.9. The molecule has 7 heteroatoms. The first-order chi connectivity index (χ1) is 10.4. The zero-order valence-electron chi connectivity index (χ0n) is 12.4. The number of aryl methyl sites for hydroxylation is 1. The highest BCUT2D eigenvalue weighted by molar-refractivity contribution is 7.91. The van der Waals surface area contributed by atoms with E-state index in [1.807, 2.05) is 31.2 Å². The highest BCUT2D eigenvalue weighted by atomic mass is 32.2. The summed E-state index contributed by atoms with van der Waals surface area (Å²) in [6.07, 6.45) is 0. The number of hydrogen-bond acceptors (Lipinski definition) is 4. The molecule has 0 fully saturated rings. The first kappa shape index (κ1) is 16.7. The van der Waals surface area contributed by atoms with Crippen molar-refractivity contribution in [1.29, 1.82) is 0 Å². The molecule has 1 amide bonds. The number of nitrogens with zero attached hydrogens (tertiary/aromatic N) is 1. The quantitative estimate of drug-likeness (QED) is 0.876. The summed E-state index contributed by atoms with van der Waals surface area (Å²) < 4.78 is 25.7. The normalized spacial score (nSPS) is 11.6. The summed E-state index contributed by atoms with van der Waals surface area (Å²) in [5, 5.41) is 4.43. The number of nitrogens with one attached hydrogen (secondary N) is 1. The van der Waals surface area contributed by atoms with Crippen molar-refractivity contribution in [2.24, 2.45) is 0 Å². The van der Waals surface area contributed by atoms with Crippen molar-refractivity contribution >= 4 is 27.3 Å². The van der Waals surface area contributed by atoms with Crippen LogP contribution in [0.15, 0.2) is 46.0 Å². The lowest BCUT2D eigenvalue weighted by molar-refractivity contribution is -0.121. The second-order valence-corrected chi connectivity index (χ2v) is 8.18. The highest BCUT2D eigenvalue weighted by Gasteiger charge is 2.23. The Bertz CT molecular complexity index is 740. The smallest absolute Gasteiger partial charge is 0.252 e. The maximum absolute atomic E-state index is 12.2. The van der Waals surface area contributed by atoms with Gasteiger partial charge in [0.05, 0.1) is 6.54 Å². The fraction of sp³-hybridized carbons (Fsp3) is 0.267. The van der Waals surface area contributed by atoms with Gasteiger partial charge >= 0.3 is 0 Å². The van der Waals surface area contributed by atoms with E-state index in [1.165, 1.54) is 13.1 Å². The van der Waals surface area contributed by atoms with E-state index in [4.69, 9.17) is 0 Å². The van der Waals surface area contributed by atoms with Crippen molar-refractivity contribution < 1.29 is 13.2 Å². The van der Waals surface area contributed by atoms with E-state index >= 15 is 0 Å². The van der Waals surface area contributed by atoms with Crippen LogP contribution in [0, 0.1) is 6.92 Å². The highest BCUT2D eigenvalue weighted by Crippen LogP contribution is 2.19. The van der Waals surface area contributed by atoms with Crippen LogP contribution in [0.2, 0.25) is 0 Å². The van der Waals surface area contributed by atoms with Gasteiger partial charge < -0.3 is 5.32 Å². The Kier molecular flexibility index (Phi) is 5.33. The third kappa shape index (κ3) is 4.16. The van der Waals surface area contributed by atoms with Gasteiger partial charge in [-0.05, 0) is 23.9 Å². The molecule has 1 N–H and O–H groups in total. The molecule has 5 nitrogen and oxygen atoms in total. The summed E-state index contributed by atoms with van der Waals surface area (Å²) in [6.45, 7) is 2.16. The van der Waals surface area contributed by atoms with E-state index in [0.29, 0.717) is 6.54 Å². The Morgan fingerprint density at radius 1 is 1.27 bits per heavy atom. The van der Waals surface area contributed by atoms with E-state index in [9.17, 15) is 13.2 Å². The van der Waals surface area contributed by atoms with Crippen LogP contribution in [-0.2, 0) is 21.4 Å². The van der Waals surface area contributed by atoms with E-state index in [1.54, 1.807) is 11.4 Å². The van der Waals surface area contributed by atoms with E-state index in [-0.39, 0.29) is 16.7 Å². The van der Waals surface area contributed by atoms with Crippen LogP contribution in [0.1, 0.15) is 11.1 Å². The van der Waals surface area contributed by atoms with Gasteiger partial charge in [0.15, 0.2) is 0 Å². The molecular formula is C15H18N2O3S2. The molecule has 118 valence electrons. The largest absolute Gasteiger partial charge is 0.351 e. The van der Waals surface area contributed by atoms with Crippen LogP contribution in [0.25, 0.3) is 0 Å². The van der Waals surface area contributed by atoms with Gasteiger partial charge in [-0.1, -0.05) is 35.9 Å². The minimum Gasteiger partial charge on any atom is -0.351 e. The lowest BCUT2D eigenvalue weighted by Gasteiger charge is -2.15. The van der Waals surface area contributed by atoms with Crippen LogP contribution in [0.5, 0.6) is 0 Å². The molecule has 0 unspecified atom stereocenters. The molecule has 1 heterocycles. The molecule has 2 rings (SSSR count). The number of likely N-dealkylation sites (N-methyl/N-ethyl adjacent to an activating group) is 1. The number of benzene rings is 1. The third-order valence-electron chi connectivity index (χ3n) is 3.10. The number of hydrogen-bond donors (Lipinski definition) is 1. The van der Waals surface area contributed by atoms with Crippen molar-refractivity contribution in [1.82, 2.24) is 9.62 Å². The molecule has 1 aromatic carbocycles. The molecule has 0 aliphatic carbocycles. The fourth-order valence-corrected chi connectivity index (χ4v) is 4.26. The van der Waals surface area contributed by atoms with Crippen molar-refractivity contribution in [3.8, 4) is 0 Å². The van der Waals surface area contributed by atoms with Crippen molar-refractivity contribution in [2.45, 2.75) is 17.7 Å². The second kappa shape index (κ2) is 7.04. The number of rotatable bonds is 6. The summed E-state index contributed by atoms with van der Waals surface area (Å²) >= 11 is 1.14. The Hall–Kier alpha value is -1.70. The van der Waals surface area contributed by atoms with Gasteiger partial charge in [0, 0.05) is 13.6 Å². The average Bonchev–Trinajstić information content (AvgIpc) is 3.00. The van der Waals surface area contributed by atoms with Gasteiger partial charge in [0.25, 0.3) is 10.0 Å². The van der Waals surface area contributed by atoms with Crippen molar-refractivity contribution in [2.75, 3.05) is 13.6 Å². The predicted molar refractivity (Wildman–Crippen MR) is 87.2 cm³/mol. The lowest BCUT2D eigenvalue weighted by Crippen LogP contribution is -2.37.